The molecule has 1 heterocycles. The molecule has 0 saturated carbocycles. The van der Waals surface area contributed by atoms with Gasteiger partial charge in [-0.05, 0) is 18.6 Å². The third-order valence-corrected chi connectivity index (χ3v) is 7.08. The van der Waals surface area contributed by atoms with E-state index in [0.29, 0.717) is 12.2 Å². The van der Waals surface area contributed by atoms with Gasteiger partial charge in [0.2, 0.25) is 10.0 Å². The van der Waals surface area contributed by atoms with Crippen molar-refractivity contribution in [2.45, 2.75) is 11.9 Å². The second-order valence-corrected chi connectivity index (χ2v) is 9.54. The van der Waals surface area contributed by atoms with Crippen molar-refractivity contribution in [1.29, 1.82) is 0 Å². The second-order valence-electron chi connectivity index (χ2n) is 5.39. The fourth-order valence-electron chi connectivity index (χ4n) is 2.31. The van der Waals surface area contributed by atoms with E-state index in [4.69, 9.17) is 0 Å². The Morgan fingerprint density at radius 1 is 1.08 bits per heavy atom. The maximum Gasteiger partial charge on any atom is 0.457 e. The van der Waals surface area contributed by atoms with Crippen molar-refractivity contribution in [2.24, 2.45) is 0 Å². The van der Waals surface area contributed by atoms with Crippen molar-refractivity contribution >= 4 is 39.6 Å². The highest BCUT2D eigenvalue weighted by Crippen LogP contribution is 2.28. The summed E-state index contributed by atoms with van der Waals surface area (Å²) in [6.07, 6.45) is 0.303. The van der Waals surface area contributed by atoms with Crippen LogP contribution in [0.4, 0.5) is 18.9 Å². The van der Waals surface area contributed by atoms with E-state index in [1.807, 2.05) is 18.2 Å². The molecule has 0 atom stereocenters. The number of sulfonamides is 1. The Morgan fingerprint density at radius 3 is 2.32 bits per heavy atom. The molecule has 2 rings (SSSR count). The van der Waals surface area contributed by atoms with Gasteiger partial charge >= 0.3 is 5.51 Å². The number of nitrogens with zero attached hydrogens (tertiary/aromatic N) is 2. The minimum Gasteiger partial charge on any atom is -0.369 e. The third kappa shape index (κ3) is 8.07. The van der Waals surface area contributed by atoms with Crippen molar-refractivity contribution in [3.63, 3.8) is 0 Å². The second kappa shape index (κ2) is 9.36. The van der Waals surface area contributed by atoms with E-state index in [2.05, 4.69) is 21.3 Å². The SMILES string of the molecule is O=S(=O)(CCCSN1CCN(c2ccccc2)CC1)NSC(F)(F)F. The first kappa shape index (κ1) is 20.7. The number of benzene rings is 1. The van der Waals surface area contributed by atoms with Crippen LogP contribution >= 0.6 is 23.9 Å². The number of rotatable bonds is 8. The zero-order chi connectivity index (χ0) is 18.3. The van der Waals surface area contributed by atoms with Crippen LogP contribution in [-0.2, 0) is 10.0 Å². The molecule has 0 spiro atoms. The number of piperazine rings is 1. The molecule has 1 aromatic carbocycles. The van der Waals surface area contributed by atoms with Crippen LogP contribution in [0.5, 0.6) is 0 Å². The van der Waals surface area contributed by atoms with Crippen LogP contribution in [0.3, 0.4) is 0 Å². The van der Waals surface area contributed by atoms with E-state index in [1.54, 1.807) is 11.9 Å². The number of anilines is 1. The molecule has 142 valence electrons. The summed E-state index contributed by atoms with van der Waals surface area (Å²) < 4.78 is 62.6. The molecule has 25 heavy (non-hydrogen) atoms. The van der Waals surface area contributed by atoms with Gasteiger partial charge in [-0.3, -0.25) is 0 Å². The lowest BCUT2D eigenvalue weighted by atomic mass is 10.2. The Labute approximate surface area is 154 Å². The fourth-order valence-corrected chi connectivity index (χ4v) is 5.19. The quantitative estimate of drug-likeness (QED) is 0.521. The molecule has 1 saturated heterocycles. The zero-order valence-corrected chi connectivity index (χ0v) is 15.9. The number of halogens is 3. The first-order valence-corrected chi connectivity index (χ1v) is 11.1. The van der Waals surface area contributed by atoms with Crippen LogP contribution in [0.1, 0.15) is 6.42 Å². The normalized spacial score (nSPS) is 17.0. The van der Waals surface area contributed by atoms with Gasteiger partial charge < -0.3 is 4.90 Å². The molecule has 0 amide bonds. The van der Waals surface area contributed by atoms with Crippen LogP contribution in [0.15, 0.2) is 30.3 Å². The summed E-state index contributed by atoms with van der Waals surface area (Å²) in [6.45, 7) is 3.49. The molecule has 1 fully saturated rings. The fraction of sp³-hybridized carbons (Fsp3) is 0.571. The van der Waals surface area contributed by atoms with Gasteiger partial charge in [0, 0.05) is 49.6 Å². The molecule has 1 aliphatic rings. The minimum absolute atomic E-state index is 0.303. The molecule has 1 aliphatic heterocycles. The summed E-state index contributed by atoms with van der Waals surface area (Å²) in [5, 5.41) is 0. The Balaban J connectivity index is 1.62. The molecule has 0 bridgehead atoms. The minimum atomic E-state index is -4.61. The Bertz CT molecular complexity index is 621. The average Bonchev–Trinajstić information content (AvgIpc) is 2.58. The number of hydrogen-bond acceptors (Lipinski definition) is 6. The topological polar surface area (TPSA) is 52.7 Å². The molecule has 1 N–H and O–H groups in total. The predicted molar refractivity (Wildman–Crippen MR) is 97.9 cm³/mol. The first-order valence-electron chi connectivity index (χ1n) is 7.67. The average molecular weight is 416 g/mol. The summed E-state index contributed by atoms with van der Waals surface area (Å²) in [5.41, 5.74) is -3.42. The highest BCUT2D eigenvalue weighted by molar-refractivity contribution is 8.09. The summed E-state index contributed by atoms with van der Waals surface area (Å²) in [5.74, 6) is 0.246. The molecule has 0 aromatic heterocycles. The number of alkyl halides is 3. The number of nitrogens with one attached hydrogen (secondary N) is 1. The smallest absolute Gasteiger partial charge is 0.369 e. The van der Waals surface area contributed by atoms with Crippen LogP contribution in [0.2, 0.25) is 0 Å². The zero-order valence-electron chi connectivity index (χ0n) is 13.4. The molecule has 5 nitrogen and oxygen atoms in total. The van der Waals surface area contributed by atoms with Crippen LogP contribution in [-0.4, -0.2) is 55.9 Å². The lowest BCUT2D eigenvalue weighted by Gasteiger charge is -2.35. The van der Waals surface area contributed by atoms with Crippen LogP contribution in [0.25, 0.3) is 0 Å². The first-order chi connectivity index (χ1) is 11.8. The van der Waals surface area contributed by atoms with Gasteiger partial charge in [0.15, 0.2) is 0 Å². The standard InChI is InChI=1S/C14H20F3N3O2S3/c15-14(16,17)24-18-25(21,22)12-4-11-23-20-9-7-19(8-10-20)13-5-2-1-3-6-13/h1-3,5-6,18H,4,7-12H2. The maximum atomic E-state index is 12.0. The lowest BCUT2D eigenvalue weighted by Crippen LogP contribution is -2.43. The molecule has 0 unspecified atom stereocenters. The van der Waals surface area contributed by atoms with Crippen molar-refractivity contribution < 1.29 is 21.6 Å². The van der Waals surface area contributed by atoms with Crippen LogP contribution in [0, 0.1) is 0 Å². The van der Waals surface area contributed by atoms with E-state index in [9.17, 15) is 21.6 Å². The van der Waals surface area contributed by atoms with Gasteiger partial charge in [-0.15, -0.1) is 0 Å². The van der Waals surface area contributed by atoms with E-state index in [0.717, 1.165) is 26.2 Å². The Hall–Kier alpha value is -0.620. The highest BCUT2D eigenvalue weighted by Gasteiger charge is 2.31. The van der Waals surface area contributed by atoms with E-state index in [1.165, 1.54) is 9.81 Å². The van der Waals surface area contributed by atoms with E-state index >= 15 is 0 Å². The Kier molecular flexibility index (Phi) is 7.74. The molecule has 0 radical (unpaired) electrons. The number of hydrogen-bond donors (Lipinski definition) is 1. The molecule has 11 heteroatoms. The van der Waals surface area contributed by atoms with Crippen molar-refractivity contribution in [3.05, 3.63) is 30.3 Å². The molecule has 0 aliphatic carbocycles. The largest absolute Gasteiger partial charge is 0.457 e. The van der Waals surface area contributed by atoms with E-state index < -0.39 is 27.5 Å². The summed E-state index contributed by atoms with van der Waals surface area (Å²) >= 11 is 0.808. The van der Waals surface area contributed by atoms with Crippen LogP contribution < -0.4 is 9.03 Å². The van der Waals surface area contributed by atoms with E-state index in [-0.39, 0.29) is 5.75 Å². The van der Waals surface area contributed by atoms with Gasteiger partial charge in [0.1, 0.15) is 0 Å². The summed E-state index contributed by atoms with van der Waals surface area (Å²) in [6, 6.07) is 10.1. The summed E-state index contributed by atoms with van der Waals surface area (Å²) in [4.78, 5) is 2.29. The number of para-hydroxylation sites is 1. The maximum absolute atomic E-state index is 12.0. The Morgan fingerprint density at radius 2 is 1.72 bits per heavy atom. The van der Waals surface area contributed by atoms with Gasteiger partial charge in [-0.25, -0.2) is 12.7 Å². The van der Waals surface area contributed by atoms with Gasteiger partial charge in [-0.1, -0.05) is 30.1 Å². The molecule has 1 aromatic rings. The van der Waals surface area contributed by atoms with Gasteiger partial charge in [0.25, 0.3) is 0 Å². The molecular weight excluding hydrogens is 395 g/mol. The molecular formula is C14H20F3N3O2S3. The lowest BCUT2D eigenvalue weighted by molar-refractivity contribution is -0.0331. The van der Waals surface area contributed by atoms with Gasteiger partial charge in [-0.2, -0.15) is 17.3 Å². The van der Waals surface area contributed by atoms with Crippen molar-refractivity contribution in [1.82, 2.24) is 8.43 Å². The summed E-state index contributed by atoms with van der Waals surface area (Å²) in [7, 11) is -3.91. The highest BCUT2D eigenvalue weighted by atomic mass is 32.3. The van der Waals surface area contributed by atoms with Crippen molar-refractivity contribution in [3.8, 4) is 0 Å². The van der Waals surface area contributed by atoms with Crippen molar-refractivity contribution in [2.75, 3.05) is 42.6 Å². The monoisotopic (exact) mass is 415 g/mol. The predicted octanol–water partition coefficient (Wildman–Crippen LogP) is 2.93. The van der Waals surface area contributed by atoms with Gasteiger partial charge in [0.05, 0.1) is 5.75 Å². The third-order valence-electron chi connectivity index (χ3n) is 3.48.